The maximum Gasteiger partial charge on any atom is 0.331 e. The molecule has 9 nitrogen and oxygen atoms in total. The van der Waals surface area contributed by atoms with Crippen LogP contribution in [0.5, 0.6) is 11.5 Å². The minimum Gasteiger partial charge on any atom is -0.497 e. The van der Waals surface area contributed by atoms with Gasteiger partial charge in [-0.15, -0.1) is 0 Å². The van der Waals surface area contributed by atoms with Crippen LogP contribution in [0.2, 0.25) is 0 Å². The Morgan fingerprint density at radius 2 is 1.90 bits per heavy atom. The highest BCUT2D eigenvalue weighted by Gasteiger charge is 2.18. The van der Waals surface area contributed by atoms with Crippen LogP contribution < -0.4 is 14.8 Å². The quantitative estimate of drug-likeness (QED) is 0.313. The fraction of sp³-hybridized carbons (Fsp3) is 0.200. The van der Waals surface area contributed by atoms with E-state index in [-0.39, 0.29) is 5.69 Å². The van der Waals surface area contributed by atoms with Gasteiger partial charge in [-0.3, -0.25) is 14.9 Å². The number of nitrogens with zero attached hydrogens (tertiary/aromatic N) is 1. The standard InChI is InChI=1S/C20H20N2O7/c1-13(20(24)21-17-12-16(27-2)8-9-18(17)28-3)29-19(23)10-7-14-5-4-6-15(11-14)22(25)26/h4-13H,1-3H3,(H,21,24)/b10-7+. The van der Waals surface area contributed by atoms with Gasteiger partial charge in [-0.2, -0.15) is 0 Å². The summed E-state index contributed by atoms with van der Waals surface area (Å²) in [5.74, 6) is -0.390. The van der Waals surface area contributed by atoms with Crippen LogP contribution in [-0.2, 0) is 14.3 Å². The molecule has 1 amide bonds. The number of carbonyl (C=O) groups excluding carboxylic acids is 2. The lowest BCUT2D eigenvalue weighted by Gasteiger charge is -2.15. The predicted molar refractivity (Wildman–Crippen MR) is 106 cm³/mol. The van der Waals surface area contributed by atoms with Crippen molar-refractivity contribution in [2.45, 2.75) is 13.0 Å². The first-order valence-corrected chi connectivity index (χ1v) is 8.50. The number of benzene rings is 2. The molecule has 1 N–H and O–H groups in total. The number of amides is 1. The molecular formula is C20H20N2O7. The average molecular weight is 400 g/mol. The van der Waals surface area contributed by atoms with E-state index in [9.17, 15) is 19.7 Å². The minimum atomic E-state index is -1.09. The van der Waals surface area contributed by atoms with Crippen molar-refractivity contribution in [3.05, 3.63) is 64.2 Å². The zero-order valence-electron chi connectivity index (χ0n) is 16.1. The average Bonchev–Trinajstić information content (AvgIpc) is 2.72. The molecule has 0 aliphatic rings. The van der Waals surface area contributed by atoms with Crippen molar-refractivity contribution >= 4 is 29.3 Å². The third-order valence-corrected chi connectivity index (χ3v) is 3.82. The minimum absolute atomic E-state index is 0.0968. The van der Waals surface area contributed by atoms with E-state index in [0.717, 1.165) is 6.08 Å². The van der Waals surface area contributed by atoms with Crippen molar-refractivity contribution in [2.75, 3.05) is 19.5 Å². The van der Waals surface area contributed by atoms with E-state index >= 15 is 0 Å². The third kappa shape index (κ3) is 6.06. The van der Waals surface area contributed by atoms with E-state index in [1.165, 1.54) is 45.4 Å². The van der Waals surface area contributed by atoms with Gasteiger partial charge in [-0.05, 0) is 30.7 Å². The van der Waals surface area contributed by atoms with Crippen molar-refractivity contribution in [1.82, 2.24) is 0 Å². The number of non-ortho nitro benzene ring substituents is 1. The lowest BCUT2D eigenvalue weighted by atomic mass is 10.2. The van der Waals surface area contributed by atoms with Gasteiger partial charge in [-0.1, -0.05) is 12.1 Å². The van der Waals surface area contributed by atoms with Gasteiger partial charge in [0.15, 0.2) is 6.10 Å². The number of carbonyl (C=O) groups is 2. The Bertz CT molecular complexity index is 940. The number of nitro groups is 1. The van der Waals surface area contributed by atoms with Crippen molar-refractivity contribution in [2.24, 2.45) is 0 Å². The molecule has 0 aliphatic carbocycles. The Morgan fingerprint density at radius 1 is 1.14 bits per heavy atom. The molecule has 152 valence electrons. The lowest BCUT2D eigenvalue weighted by molar-refractivity contribution is -0.384. The van der Waals surface area contributed by atoms with Crippen LogP contribution in [0.1, 0.15) is 12.5 Å². The molecule has 29 heavy (non-hydrogen) atoms. The van der Waals surface area contributed by atoms with Gasteiger partial charge in [0.1, 0.15) is 11.5 Å². The third-order valence-electron chi connectivity index (χ3n) is 3.82. The maximum atomic E-state index is 12.3. The van der Waals surface area contributed by atoms with Crippen molar-refractivity contribution in [1.29, 1.82) is 0 Å². The Balaban J connectivity index is 1.99. The molecule has 0 aliphatic heterocycles. The van der Waals surface area contributed by atoms with Crippen LogP contribution >= 0.6 is 0 Å². The number of hydrogen-bond acceptors (Lipinski definition) is 7. The van der Waals surface area contributed by atoms with Gasteiger partial charge in [0.2, 0.25) is 0 Å². The summed E-state index contributed by atoms with van der Waals surface area (Å²) in [5, 5.41) is 13.4. The maximum absolute atomic E-state index is 12.3. The Morgan fingerprint density at radius 3 is 2.55 bits per heavy atom. The van der Waals surface area contributed by atoms with Crippen molar-refractivity contribution < 1.29 is 28.7 Å². The highest BCUT2D eigenvalue weighted by atomic mass is 16.6. The van der Waals surface area contributed by atoms with Gasteiger partial charge in [-0.25, -0.2) is 4.79 Å². The molecule has 0 heterocycles. The summed E-state index contributed by atoms with van der Waals surface area (Å²) in [6.45, 7) is 1.42. The number of methoxy groups -OCH3 is 2. The Labute approximate surface area is 167 Å². The molecule has 2 aromatic rings. The fourth-order valence-electron chi connectivity index (χ4n) is 2.32. The highest BCUT2D eigenvalue weighted by molar-refractivity contribution is 5.97. The van der Waals surface area contributed by atoms with Gasteiger partial charge in [0.05, 0.1) is 24.8 Å². The van der Waals surface area contributed by atoms with Crippen molar-refractivity contribution in [3.8, 4) is 11.5 Å². The molecule has 0 spiro atoms. The SMILES string of the molecule is COc1ccc(OC)c(NC(=O)C(C)OC(=O)/C=C/c2cccc([N+](=O)[O-])c2)c1. The van der Waals surface area contributed by atoms with Gasteiger partial charge in [0, 0.05) is 24.3 Å². The summed E-state index contributed by atoms with van der Waals surface area (Å²) in [6, 6.07) is 10.6. The van der Waals surface area contributed by atoms with E-state index < -0.39 is 22.9 Å². The predicted octanol–water partition coefficient (Wildman–Crippen LogP) is 3.20. The number of ether oxygens (including phenoxy) is 3. The van der Waals surface area contributed by atoms with E-state index in [0.29, 0.717) is 22.7 Å². The second-order valence-electron chi connectivity index (χ2n) is 5.82. The summed E-state index contributed by atoms with van der Waals surface area (Å²) in [6.07, 6.45) is 1.37. The van der Waals surface area contributed by atoms with Crippen LogP contribution in [0.15, 0.2) is 48.5 Å². The largest absolute Gasteiger partial charge is 0.497 e. The number of nitrogens with one attached hydrogen (secondary N) is 1. The molecular weight excluding hydrogens is 380 g/mol. The van der Waals surface area contributed by atoms with Crippen molar-refractivity contribution in [3.63, 3.8) is 0 Å². The lowest BCUT2D eigenvalue weighted by Crippen LogP contribution is -2.29. The molecule has 0 aromatic heterocycles. The van der Waals surface area contributed by atoms with E-state index in [4.69, 9.17) is 14.2 Å². The Kier molecular flexibility index (Phi) is 7.30. The topological polar surface area (TPSA) is 117 Å². The first kappa shape index (κ1) is 21.4. The summed E-state index contributed by atoms with van der Waals surface area (Å²) in [5.41, 5.74) is 0.724. The molecule has 0 saturated heterocycles. The second kappa shape index (κ2) is 9.88. The van der Waals surface area contributed by atoms with E-state index in [1.54, 1.807) is 24.3 Å². The Hall–Kier alpha value is -3.88. The first-order valence-electron chi connectivity index (χ1n) is 8.50. The smallest absolute Gasteiger partial charge is 0.331 e. The fourth-order valence-corrected chi connectivity index (χ4v) is 2.32. The molecule has 2 aromatic carbocycles. The van der Waals surface area contributed by atoms with Crippen LogP contribution in [0.25, 0.3) is 6.08 Å². The van der Waals surface area contributed by atoms with Crippen LogP contribution in [0.4, 0.5) is 11.4 Å². The number of anilines is 1. The van der Waals surface area contributed by atoms with E-state index in [1.807, 2.05) is 0 Å². The van der Waals surface area contributed by atoms with Gasteiger partial charge in [0.25, 0.3) is 11.6 Å². The number of esters is 1. The normalized spacial score (nSPS) is 11.6. The molecule has 1 atom stereocenters. The molecule has 0 fully saturated rings. The van der Waals surface area contributed by atoms with Crippen LogP contribution in [0.3, 0.4) is 0 Å². The number of nitro benzene ring substituents is 1. The van der Waals surface area contributed by atoms with E-state index in [2.05, 4.69) is 5.32 Å². The second-order valence-corrected chi connectivity index (χ2v) is 5.82. The van der Waals surface area contributed by atoms with Crippen LogP contribution in [-0.4, -0.2) is 37.1 Å². The molecule has 9 heteroatoms. The number of rotatable bonds is 8. The summed E-state index contributed by atoms with van der Waals surface area (Å²) >= 11 is 0. The number of hydrogen-bond donors (Lipinski definition) is 1. The summed E-state index contributed by atoms with van der Waals surface area (Å²) in [4.78, 5) is 34.5. The monoisotopic (exact) mass is 400 g/mol. The zero-order valence-corrected chi connectivity index (χ0v) is 16.1. The van der Waals surface area contributed by atoms with Crippen LogP contribution in [0, 0.1) is 10.1 Å². The van der Waals surface area contributed by atoms with Gasteiger partial charge < -0.3 is 19.5 Å². The van der Waals surface area contributed by atoms with Gasteiger partial charge >= 0.3 is 5.97 Å². The summed E-state index contributed by atoms with van der Waals surface area (Å²) < 4.78 is 15.4. The zero-order chi connectivity index (χ0) is 21.4. The molecule has 0 radical (unpaired) electrons. The first-order chi connectivity index (χ1) is 13.8. The molecule has 0 saturated carbocycles. The molecule has 0 bridgehead atoms. The highest BCUT2D eigenvalue weighted by Crippen LogP contribution is 2.29. The molecule has 2 rings (SSSR count). The summed E-state index contributed by atoms with van der Waals surface area (Å²) in [7, 11) is 2.95. The molecule has 1 unspecified atom stereocenters.